The third kappa shape index (κ3) is 4.73. The topological polar surface area (TPSA) is 124 Å². The molecule has 0 radical (unpaired) electrons. The predicted octanol–water partition coefficient (Wildman–Crippen LogP) is 2.10. The number of nitrogens with zero attached hydrogens (tertiary/aromatic N) is 3. The number of amides is 2. The molecule has 0 aliphatic rings. The molecule has 3 N–H and O–H groups in total. The van der Waals surface area contributed by atoms with Crippen LogP contribution in [0.1, 0.15) is 23.6 Å². The fraction of sp³-hybridized carbons (Fsp3) is 0.235. The lowest BCUT2D eigenvalue weighted by Gasteiger charge is -1.99. The molecule has 134 valence electrons. The van der Waals surface area contributed by atoms with E-state index in [-0.39, 0.29) is 18.7 Å². The fourth-order valence-electron chi connectivity index (χ4n) is 2.19. The predicted molar refractivity (Wildman–Crippen MR) is 96.4 cm³/mol. The highest BCUT2D eigenvalue weighted by molar-refractivity contribution is 7.13. The van der Waals surface area contributed by atoms with E-state index in [0.29, 0.717) is 29.0 Å². The van der Waals surface area contributed by atoms with Crippen LogP contribution in [-0.2, 0) is 22.4 Å². The van der Waals surface area contributed by atoms with Crippen molar-refractivity contribution in [3.8, 4) is 11.5 Å². The fourth-order valence-corrected chi connectivity index (χ4v) is 2.92. The van der Waals surface area contributed by atoms with E-state index in [1.807, 2.05) is 31.2 Å². The van der Waals surface area contributed by atoms with Crippen molar-refractivity contribution < 1.29 is 14.0 Å². The Morgan fingerprint density at radius 2 is 2.00 bits per heavy atom. The number of hydrogen-bond donors (Lipinski definition) is 2. The molecule has 0 fully saturated rings. The largest absolute Gasteiger partial charge is 0.421 e. The van der Waals surface area contributed by atoms with E-state index in [1.54, 1.807) is 5.38 Å². The van der Waals surface area contributed by atoms with Gasteiger partial charge in [0.15, 0.2) is 5.13 Å². The Hall–Kier alpha value is -3.07. The van der Waals surface area contributed by atoms with Crippen LogP contribution in [0.15, 0.2) is 34.1 Å². The summed E-state index contributed by atoms with van der Waals surface area (Å²) in [6, 6.07) is 7.75. The molecule has 0 spiro atoms. The van der Waals surface area contributed by atoms with E-state index in [4.69, 9.17) is 10.2 Å². The second-order valence-corrected chi connectivity index (χ2v) is 6.56. The molecule has 2 amide bonds. The summed E-state index contributed by atoms with van der Waals surface area (Å²) in [6.45, 7) is 2.00. The van der Waals surface area contributed by atoms with Gasteiger partial charge in [-0.3, -0.25) is 9.59 Å². The molecule has 0 aliphatic heterocycles. The molecule has 3 aromatic rings. The van der Waals surface area contributed by atoms with Crippen LogP contribution in [0.2, 0.25) is 0 Å². The number of primary amides is 1. The lowest BCUT2D eigenvalue weighted by Crippen LogP contribution is -2.14. The van der Waals surface area contributed by atoms with Crippen LogP contribution in [0.25, 0.3) is 11.5 Å². The van der Waals surface area contributed by atoms with Crippen LogP contribution in [0.4, 0.5) is 5.13 Å². The van der Waals surface area contributed by atoms with E-state index in [2.05, 4.69) is 20.5 Å². The van der Waals surface area contributed by atoms with Crippen LogP contribution in [0.5, 0.6) is 0 Å². The van der Waals surface area contributed by atoms with Gasteiger partial charge >= 0.3 is 0 Å². The molecule has 8 nitrogen and oxygen atoms in total. The first-order valence-corrected chi connectivity index (χ1v) is 8.79. The number of aryl methyl sites for hydroxylation is 2. The summed E-state index contributed by atoms with van der Waals surface area (Å²) in [7, 11) is 0. The first kappa shape index (κ1) is 17.7. The average Bonchev–Trinajstić information content (AvgIpc) is 3.23. The lowest BCUT2D eigenvalue weighted by atomic mass is 10.1. The van der Waals surface area contributed by atoms with Crippen LogP contribution < -0.4 is 11.1 Å². The normalized spacial score (nSPS) is 10.7. The minimum absolute atomic E-state index is 0.0517. The minimum Gasteiger partial charge on any atom is -0.421 e. The van der Waals surface area contributed by atoms with Gasteiger partial charge in [0.2, 0.25) is 23.6 Å². The molecule has 0 atom stereocenters. The number of hydrogen-bond acceptors (Lipinski definition) is 7. The maximum Gasteiger partial charge on any atom is 0.247 e. The lowest BCUT2D eigenvalue weighted by molar-refractivity contribution is -0.117. The zero-order valence-corrected chi connectivity index (χ0v) is 14.9. The van der Waals surface area contributed by atoms with Gasteiger partial charge < -0.3 is 15.5 Å². The van der Waals surface area contributed by atoms with Gasteiger partial charge in [0.25, 0.3) is 0 Å². The number of thiazole rings is 1. The zero-order chi connectivity index (χ0) is 18.5. The maximum absolute atomic E-state index is 12.0. The quantitative estimate of drug-likeness (QED) is 0.655. The number of aromatic nitrogens is 3. The Labute approximate surface area is 153 Å². The Balaban J connectivity index is 1.52. The third-order valence-corrected chi connectivity index (χ3v) is 4.29. The maximum atomic E-state index is 12.0. The first-order valence-electron chi connectivity index (χ1n) is 7.91. The molecule has 26 heavy (non-hydrogen) atoms. The average molecular weight is 371 g/mol. The van der Waals surface area contributed by atoms with Crippen LogP contribution >= 0.6 is 11.3 Å². The summed E-state index contributed by atoms with van der Waals surface area (Å²) in [5, 5.41) is 12.8. The second kappa shape index (κ2) is 7.87. The standard InChI is InChI=1S/C17H17N5O3S/c1-10-2-4-11(5-3-10)16-22-21-15(25-16)7-6-14(24)20-17-19-12(9-26-17)8-13(18)23/h2-5,9H,6-8H2,1H3,(H2,18,23)(H,19,20,24). The van der Waals surface area contributed by atoms with Gasteiger partial charge in [0.1, 0.15) is 0 Å². The SMILES string of the molecule is Cc1ccc(-c2nnc(CCC(=O)Nc3nc(CC(N)=O)cs3)o2)cc1. The Bertz CT molecular complexity index is 917. The van der Waals surface area contributed by atoms with Gasteiger partial charge in [-0.05, 0) is 19.1 Å². The van der Waals surface area contributed by atoms with Gasteiger partial charge in [0, 0.05) is 23.8 Å². The molecular formula is C17H17N5O3S. The van der Waals surface area contributed by atoms with Crippen LogP contribution in [0, 0.1) is 6.92 Å². The number of carbonyl (C=O) groups is 2. The molecule has 1 aromatic carbocycles. The van der Waals surface area contributed by atoms with Crippen molar-refractivity contribution in [3.63, 3.8) is 0 Å². The van der Waals surface area contributed by atoms with E-state index in [1.165, 1.54) is 11.3 Å². The molecular weight excluding hydrogens is 354 g/mol. The molecule has 2 aromatic heterocycles. The first-order chi connectivity index (χ1) is 12.5. The molecule has 0 aliphatic carbocycles. The smallest absolute Gasteiger partial charge is 0.247 e. The van der Waals surface area contributed by atoms with Crippen molar-refractivity contribution in [2.75, 3.05) is 5.32 Å². The second-order valence-electron chi connectivity index (χ2n) is 5.70. The number of carbonyl (C=O) groups excluding carboxylic acids is 2. The highest BCUT2D eigenvalue weighted by atomic mass is 32.1. The van der Waals surface area contributed by atoms with Gasteiger partial charge in [-0.1, -0.05) is 17.7 Å². The van der Waals surface area contributed by atoms with E-state index in [9.17, 15) is 9.59 Å². The Morgan fingerprint density at radius 3 is 2.73 bits per heavy atom. The van der Waals surface area contributed by atoms with Gasteiger partial charge in [0.05, 0.1) is 12.1 Å². The van der Waals surface area contributed by atoms with Crippen molar-refractivity contribution in [2.24, 2.45) is 5.73 Å². The van der Waals surface area contributed by atoms with E-state index in [0.717, 1.165) is 11.1 Å². The summed E-state index contributed by atoms with van der Waals surface area (Å²) in [4.78, 5) is 27.0. The zero-order valence-electron chi connectivity index (χ0n) is 14.1. The van der Waals surface area contributed by atoms with Crippen molar-refractivity contribution in [2.45, 2.75) is 26.2 Å². The summed E-state index contributed by atoms with van der Waals surface area (Å²) < 4.78 is 5.59. The number of anilines is 1. The molecule has 9 heteroatoms. The number of rotatable bonds is 7. The van der Waals surface area contributed by atoms with Crippen LogP contribution in [0.3, 0.4) is 0 Å². The van der Waals surface area contributed by atoms with Crippen molar-refractivity contribution in [1.29, 1.82) is 0 Å². The number of nitrogens with two attached hydrogens (primary N) is 1. The summed E-state index contributed by atoms with van der Waals surface area (Å²) in [6.07, 6.45) is 0.556. The molecule has 0 saturated carbocycles. The van der Waals surface area contributed by atoms with E-state index < -0.39 is 5.91 Å². The van der Waals surface area contributed by atoms with Crippen molar-refractivity contribution >= 4 is 28.3 Å². The van der Waals surface area contributed by atoms with Gasteiger partial charge in [-0.25, -0.2) is 4.98 Å². The van der Waals surface area contributed by atoms with E-state index >= 15 is 0 Å². The monoisotopic (exact) mass is 371 g/mol. The van der Waals surface area contributed by atoms with Gasteiger partial charge in [-0.15, -0.1) is 21.5 Å². The van der Waals surface area contributed by atoms with Crippen molar-refractivity contribution in [1.82, 2.24) is 15.2 Å². The minimum atomic E-state index is -0.464. The highest BCUT2D eigenvalue weighted by Crippen LogP contribution is 2.19. The van der Waals surface area contributed by atoms with Crippen molar-refractivity contribution in [3.05, 3.63) is 46.8 Å². The third-order valence-electron chi connectivity index (χ3n) is 3.48. The molecule has 0 unspecified atom stereocenters. The molecule has 0 saturated heterocycles. The molecule has 0 bridgehead atoms. The Morgan fingerprint density at radius 1 is 1.23 bits per heavy atom. The Kier molecular flexibility index (Phi) is 5.37. The number of benzene rings is 1. The molecule has 3 rings (SSSR count). The highest BCUT2D eigenvalue weighted by Gasteiger charge is 2.12. The number of nitrogens with one attached hydrogen (secondary N) is 1. The van der Waals surface area contributed by atoms with Crippen LogP contribution in [-0.4, -0.2) is 27.0 Å². The van der Waals surface area contributed by atoms with Gasteiger partial charge in [-0.2, -0.15) is 0 Å². The summed E-state index contributed by atoms with van der Waals surface area (Å²) >= 11 is 1.24. The molecule has 2 heterocycles. The summed E-state index contributed by atoms with van der Waals surface area (Å²) in [5.74, 6) is 0.134. The summed E-state index contributed by atoms with van der Waals surface area (Å²) in [5.41, 5.74) is 7.63.